The highest BCUT2D eigenvalue weighted by Crippen LogP contribution is 2.04. The fraction of sp³-hybridized carbons (Fsp3) is 0.267. The quantitative estimate of drug-likeness (QED) is 0.807. The highest BCUT2D eigenvalue weighted by atomic mass is 16.1. The van der Waals surface area contributed by atoms with E-state index in [1.807, 2.05) is 22.9 Å². The maximum absolute atomic E-state index is 11.7. The molecule has 0 unspecified atom stereocenters. The van der Waals surface area contributed by atoms with E-state index in [0.717, 1.165) is 18.5 Å². The summed E-state index contributed by atoms with van der Waals surface area (Å²) in [5.74, 6) is 0.000314. The van der Waals surface area contributed by atoms with Crippen molar-refractivity contribution < 1.29 is 4.79 Å². The van der Waals surface area contributed by atoms with Crippen LogP contribution in [0.15, 0.2) is 43.0 Å². The van der Waals surface area contributed by atoms with Crippen LogP contribution in [0.3, 0.4) is 0 Å². The van der Waals surface area contributed by atoms with Gasteiger partial charge in [0.15, 0.2) is 0 Å². The smallest absolute Gasteiger partial charge is 0.224 e. The van der Waals surface area contributed by atoms with Crippen molar-refractivity contribution in [3.63, 3.8) is 0 Å². The van der Waals surface area contributed by atoms with Gasteiger partial charge in [0, 0.05) is 25.5 Å². The number of aromatic nitrogens is 2. The number of hydrogen-bond acceptors (Lipinski definition) is 3. The van der Waals surface area contributed by atoms with Gasteiger partial charge in [0.05, 0.1) is 24.4 Å². The lowest BCUT2D eigenvalue weighted by atomic mass is 10.1. The number of nitrogens with one attached hydrogen (secondary N) is 1. The van der Waals surface area contributed by atoms with Gasteiger partial charge in [0.1, 0.15) is 0 Å². The van der Waals surface area contributed by atoms with Crippen LogP contribution in [0.5, 0.6) is 0 Å². The molecular weight excluding hydrogens is 252 g/mol. The minimum absolute atomic E-state index is 0.000314. The van der Waals surface area contributed by atoms with Gasteiger partial charge in [-0.25, -0.2) is 4.98 Å². The molecule has 1 heterocycles. The third kappa shape index (κ3) is 4.25. The van der Waals surface area contributed by atoms with Gasteiger partial charge in [-0.2, -0.15) is 5.26 Å². The fourth-order valence-corrected chi connectivity index (χ4v) is 1.85. The van der Waals surface area contributed by atoms with Gasteiger partial charge in [0.2, 0.25) is 5.91 Å². The second-order valence-electron chi connectivity index (χ2n) is 4.49. The lowest BCUT2D eigenvalue weighted by Crippen LogP contribution is -2.26. The summed E-state index contributed by atoms with van der Waals surface area (Å²) in [6.07, 6.45) is 6.62. The van der Waals surface area contributed by atoms with Crippen molar-refractivity contribution in [3.05, 3.63) is 54.1 Å². The molecule has 0 aliphatic carbocycles. The number of hydrogen-bond donors (Lipinski definition) is 1. The van der Waals surface area contributed by atoms with E-state index in [0.29, 0.717) is 18.5 Å². The minimum atomic E-state index is 0.000314. The van der Waals surface area contributed by atoms with Gasteiger partial charge in [-0.15, -0.1) is 0 Å². The summed E-state index contributed by atoms with van der Waals surface area (Å²) >= 11 is 0. The molecule has 0 radical (unpaired) electrons. The molecule has 0 fully saturated rings. The van der Waals surface area contributed by atoms with Crippen LogP contribution < -0.4 is 5.32 Å². The van der Waals surface area contributed by atoms with Crippen LogP contribution in [0.25, 0.3) is 0 Å². The molecule has 1 aromatic heterocycles. The van der Waals surface area contributed by atoms with Crippen LogP contribution in [0, 0.1) is 11.3 Å². The van der Waals surface area contributed by atoms with Crippen molar-refractivity contribution in [2.45, 2.75) is 19.4 Å². The van der Waals surface area contributed by atoms with Crippen LogP contribution in [-0.4, -0.2) is 22.0 Å². The van der Waals surface area contributed by atoms with Crippen molar-refractivity contribution >= 4 is 5.91 Å². The summed E-state index contributed by atoms with van der Waals surface area (Å²) < 4.78 is 1.98. The van der Waals surface area contributed by atoms with E-state index in [2.05, 4.69) is 16.4 Å². The van der Waals surface area contributed by atoms with Crippen molar-refractivity contribution in [3.8, 4) is 6.07 Å². The first kappa shape index (κ1) is 13.8. The molecule has 0 saturated heterocycles. The maximum Gasteiger partial charge on any atom is 0.224 e. The molecular formula is C15H16N4O. The Labute approximate surface area is 117 Å². The predicted octanol–water partition coefficient (Wildman–Crippen LogP) is 1.50. The van der Waals surface area contributed by atoms with Crippen molar-refractivity contribution in [2.24, 2.45) is 0 Å². The molecule has 0 atom stereocenters. The number of aryl methyl sites for hydroxylation is 1. The summed E-state index contributed by atoms with van der Waals surface area (Å²) in [5, 5.41) is 11.6. The monoisotopic (exact) mass is 268 g/mol. The lowest BCUT2D eigenvalue weighted by Gasteiger charge is -2.06. The summed E-state index contributed by atoms with van der Waals surface area (Å²) in [7, 11) is 0. The third-order valence-electron chi connectivity index (χ3n) is 2.92. The first-order chi connectivity index (χ1) is 9.78. The SMILES string of the molecule is N#Cc1ccc(CC(=O)NCCCn2ccnc2)cc1. The van der Waals surface area contributed by atoms with E-state index < -0.39 is 0 Å². The van der Waals surface area contributed by atoms with Crippen molar-refractivity contribution in [1.82, 2.24) is 14.9 Å². The van der Waals surface area contributed by atoms with Crippen LogP contribution in [0.2, 0.25) is 0 Å². The molecule has 1 aromatic carbocycles. The first-order valence-corrected chi connectivity index (χ1v) is 6.49. The largest absolute Gasteiger partial charge is 0.356 e. The van der Waals surface area contributed by atoms with E-state index in [1.54, 1.807) is 24.7 Å². The highest BCUT2D eigenvalue weighted by molar-refractivity contribution is 5.78. The van der Waals surface area contributed by atoms with Gasteiger partial charge in [-0.1, -0.05) is 12.1 Å². The van der Waals surface area contributed by atoms with Gasteiger partial charge in [-0.05, 0) is 24.1 Å². The van der Waals surface area contributed by atoms with E-state index in [-0.39, 0.29) is 5.91 Å². The molecule has 5 nitrogen and oxygen atoms in total. The predicted molar refractivity (Wildman–Crippen MR) is 74.7 cm³/mol. The molecule has 0 saturated carbocycles. The number of benzene rings is 1. The normalized spacial score (nSPS) is 9.95. The zero-order chi connectivity index (χ0) is 14.2. The number of carbonyl (C=O) groups excluding carboxylic acids is 1. The molecule has 20 heavy (non-hydrogen) atoms. The van der Waals surface area contributed by atoms with E-state index in [9.17, 15) is 4.79 Å². The third-order valence-corrected chi connectivity index (χ3v) is 2.92. The number of nitriles is 1. The number of nitrogens with zero attached hydrogens (tertiary/aromatic N) is 3. The zero-order valence-corrected chi connectivity index (χ0v) is 11.1. The second-order valence-corrected chi connectivity index (χ2v) is 4.49. The average molecular weight is 268 g/mol. The number of rotatable bonds is 6. The Kier molecular flexibility index (Phi) is 4.90. The van der Waals surface area contributed by atoms with Crippen LogP contribution >= 0.6 is 0 Å². The van der Waals surface area contributed by atoms with Gasteiger partial charge < -0.3 is 9.88 Å². The minimum Gasteiger partial charge on any atom is -0.356 e. The summed E-state index contributed by atoms with van der Waals surface area (Å²) in [6.45, 7) is 1.49. The first-order valence-electron chi connectivity index (χ1n) is 6.49. The molecule has 2 rings (SSSR count). The Balaban J connectivity index is 1.68. The topological polar surface area (TPSA) is 70.7 Å². The molecule has 0 aliphatic rings. The number of imidazole rings is 1. The average Bonchev–Trinajstić information content (AvgIpc) is 2.98. The molecule has 102 valence electrons. The lowest BCUT2D eigenvalue weighted by molar-refractivity contribution is -0.120. The van der Waals surface area contributed by atoms with Gasteiger partial charge in [0.25, 0.3) is 0 Å². The van der Waals surface area contributed by atoms with Crippen LogP contribution in [-0.2, 0) is 17.8 Å². The summed E-state index contributed by atoms with van der Waals surface area (Å²) in [5.41, 5.74) is 1.52. The fourth-order valence-electron chi connectivity index (χ4n) is 1.85. The Morgan fingerprint density at radius 1 is 1.35 bits per heavy atom. The van der Waals surface area contributed by atoms with Crippen molar-refractivity contribution in [2.75, 3.05) is 6.54 Å². The van der Waals surface area contributed by atoms with Crippen molar-refractivity contribution in [1.29, 1.82) is 5.26 Å². The van der Waals surface area contributed by atoms with Gasteiger partial charge in [-0.3, -0.25) is 4.79 Å². The van der Waals surface area contributed by atoms with Crippen LogP contribution in [0.4, 0.5) is 0 Å². The summed E-state index contributed by atoms with van der Waals surface area (Å²) in [6, 6.07) is 9.12. The molecule has 0 bridgehead atoms. The van der Waals surface area contributed by atoms with Crippen LogP contribution in [0.1, 0.15) is 17.5 Å². The van der Waals surface area contributed by atoms with E-state index >= 15 is 0 Å². The Morgan fingerprint density at radius 3 is 2.80 bits per heavy atom. The second kappa shape index (κ2) is 7.10. The Hall–Kier alpha value is -2.61. The molecule has 1 N–H and O–H groups in total. The molecule has 2 aromatic rings. The standard InChI is InChI=1S/C15H16N4O/c16-11-14-4-2-13(3-5-14)10-15(20)18-6-1-8-19-9-7-17-12-19/h2-5,7,9,12H,1,6,8,10H2,(H,18,20). The number of amides is 1. The van der Waals surface area contributed by atoms with E-state index in [1.165, 1.54) is 0 Å². The molecule has 1 amide bonds. The van der Waals surface area contributed by atoms with Gasteiger partial charge >= 0.3 is 0 Å². The number of carbonyl (C=O) groups is 1. The summed E-state index contributed by atoms with van der Waals surface area (Å²) in [4.78, 5) is 15.7. The zero-order valence-electron chi connectivity index (χ0n) is 11.1. The van der Waals surface area contributed by atoms with E-state index in [4.69, 9.17) is 5.26 Å². The maximum atomic E-state index is 11.7. The Bertz CT molecular complexity index is 581. The molecule has 5 heteroatoms. The highest BCUT2D eigenvalue weighted by Gasteiger charge is 2.02. The Morgan fingerprint density at radius 2 is 2.15 bits per heavy atom. The molecule has 0 aliphatic heterocycles. The molecule has 0 spiro atoms.